The normalized spacial score (nSPS) is 10.4. The lowest BCUT2D eigenvalue weighted by Gasteiger charge is -2.02. The van der Waals surface area contributed by atoms with E-state index in [2.05, 4.69) is 0 Å². The summed E-state index contributed by atoms with van der Waals surface area (Å²) in [6.45, 7) is 2.40. The smallest absolute Gasteiger partial charge is 0.274 e. The maximum Gasteiger partial charge on any atom is 0.274 e. The second kappa shape index (κ2) is 3.80. The molecule has 0 unspecified atom stereocenters. The van der Waals surface area contributed by atoms with E-state index in [0.717, 1.165) is 10.1 Å². The molecule has 72 valence electrons. The zero-order valence-corrected chi connectivity index (χ0v) is 8.64. The third-order valence-electron chi connectivity index (χ3n) is 1.91. The lowest BCUT2D eigenvalue weighted by Crippen LogP contribution is -2.03. The summed E-state index contributed by atoms with van der Waals surface area (Å²) in [5, 5.41) is 1.06. The molecule has 1 aromatic carbocycles. The summed E-state index contributed by atoms with van der Waals surface area (Å²) in [6.07, 6.45) is 0. The van der Waals surface area contributed by atoms with E-state index >= 15 is 0 Å². The molecule has 0 N–H and O–H groups in total. The van der Waals surface area contributed by atoms with Gasteiger partial charge in [-0.3, -0.25) is 4.79 Å². The monoisotopic (exact) mass is 206 g/mol. The van der Waals surface area contributed by atoms with E-state index < -0.39 is 0 Å². The SMILES string of the molecule is CCOc1cc2ccccc2sc1=O. The Morgan fingerprint density at radius 2 is 2.14 bits per heavy atom. The first-order valence-corrected chi connectivity index (χ1v) is 5.28. The molecule has 0 bridgehead atoms. The van der Waals surface area contributed by atoms with Gasteiger partial charge in [0.2, 0.25) is 0 Å². The molecule has 2 rings (SSSR count). The van der Waals surface area contributed by atoms with Crippen molar-refractivity contribution in [1.29, 1.82) is 0 Å². The molecule has 0 saturated carbocycles. The van der Waals surface area contributed by atoms with E-state index in [9.17, 15) is 4.79 Å². The first kappa shape index (κ1) is 9.21. The van der Waals surface area contributed by atoms with Gasteiger partial charge in [0.25, 0.3) is 4.74 Å². The average molecular weight is 206 g/mol. The van der Waals surface area contributed by atoms with Crippen LogP contribution in [0.15, 0.2) is 35.1 Å². The van der Waals surface area contributed by atoms with E-state index in [1.165, 1.54) is 11.3 Å². The summed E-state index contributed by atoms with van der Waals surface area (Å²) in [6, 6.07) is 9.61. The van der Waals surface area contributed by atoms with Crippen LogP contribution in [0.25, 0.3) is 10.1 Å². The van der Waals surface area contributed by atoms with Crippen LogP contribution >= 0.6 is 11.3 Å². The van der Waals surface area contributed by atoms with Gasteiger partial charge in [-0.15, -0.1) is 0 Å². The van der Waals surface area contributed by atoms with Crippen molar-refractivity contribution >= 4 is 21.4 Å². The Balaban J connectivity index is 2.65. The van der Waals surface area contributed by atoms with Crippen molar-refractivity contribution in [3.63, 3.8) is 0 Å². The number of hydrogen-bond acceptors (Lipinski definition) is 3. The van der Waals surface area contributed by atoms with Gasteiger partial charge in [0.15, 0.2) is 5.75 Å². The summed E-state index contributed by atoms with van der Waals surface area (Å²) in [4.78, 5) is 11.5. The van der Waals surface area contributed by atoms with Crippen LogP contribution < -0.4 is 9.48 Å². The van der Waals surface area contributed by atoms with Gasteiger partial charge in [0.05, 0.1) is 6.61 Å². The maximum atomic E-state index is 11.5. The number of ether oxygens (including phenoxy) is 1. The minimum Gasteiger partial charge on any atom is -0.489 e. The first-order valence-electron chi connectivity index (χ1n) is 4.47. The average Bonchev–Trinajstić information content (AvgIpc) is 2.19. The van der Waals surface area contributed by atoms with Crippen molar-refractivity contribution in [2.24, 2.45) is 0 Å². The predicted molar refractivity (Wildman–Crippen MR) is 59.3 cm³/mol. The Morgan fingerprint density at radius 1 is 1.36 bits per heavy atom. The van der Waals surface area contributed by atoms with E-state index in [1.807, 2.05) is 31.2 Å². The lowest BCUT2D eigenvalue weighted by molar-refractivity contribution is 0.339. The molecule has 0 aliphatic carbocycles. The molecule has 0 fully saturated rings. The zero-order chi connectivity index (χ0) is 9.97. The van der Waals surface area contributed by atoms with Gasteiger partial charge < -0.3 is 4.74 Å². The molecule has 1 heterocycles. The summed E-state index contributed by atoms with van der Waals surface area (Å²) >= 11 is 1.23. The summed E-state index contributed by atoms with van der Waals surface area (Å²) < 4.78 is 6.23. The van der Waals surface area contributed by atoms with Crippen LogP contribution in [-0.4, -0.2) is 6.61 Å². The fraction of sp³-hybridized carbons (Fsp3) is 0.182. The van der Waals surface area contributed by atoms with Gasteiger partial charge in [-0.1, -0.05) is 29.5 Å². The number of hydrogen-bond donors (Lipinski definition) is 0. The summed E-state index contributed by atoms with van der Waals surface area (Å²) in [7, 11) is 0. The molecule has 0 spiro atoms. The van der Waals surface area contributed by atoms with Crippen LogP contribution in [0.5, 0.6) is 5.75 Å². The number of benzene rings is 1. The van der Waals surface area contributed by atoms with E-state index in [-0.39, 0.29) is 4.74 Å². The van der Waals surface area contributed by atoms with Crippen molar-refractivity contribution in [3.05, 3.63) is 39.9 Å². The second-order valence-corrected chi connectivity index (χ2v) is 3.88. The highest BCUT2D eigenvalue weighted by Gasteiger charge is 2.02. The highest BCUT2D eigenvalue weighted by molar-refractivity contribution is 7.16. The predicted octanol–water partition coefficient (Wildman–Crippen LogP) is 2.66. The van der Waals surface area contributed by atoms with Crippen LogP contribution in [-0.2, 0) is 0 Å². The van der Waals surface area contributed by atoms with E-state index in [4.69, 9.17) is 4.74 Å². The van der Waals surface area contributed by atoms with Crippen LogP contribution in [0.4, 0.5) is 0 Å². The van der Waals surface area contributed by atoms with Crippen molar-refractivity contribution in [1.82, 2.24) is 0 Å². The molecule has 1 aromatic heterocycles. The van der Waals surface area contributed by atoms with Gasteiger partial charge in [0.1, 0.15) is 0 Å². The van der Waals surface area contributed by atoms with E-state index in [1.54, 1.807) is 6.07 Å². The van der Waals surface area contributed by atoms with Gasteiger partial charge in [-0.25, -0.2) is 0 Å². The Kier molecular flexibility index (Phi) is 2.50. The molecule has 0 atom stereocenters. The molecule has 0 saturated heterocycles. The van der Waals surface area contributed by atoms with Gasteiger partial charge in [0, 0.05) is 4.70 Å². The van der Waals surface area contributed by atoms with Crippen molar-refractivity contribution in [3.8, 4) is 5.75 Å². The largest absolute Gasteiger partial charge is 0.489 e. The molecular formula is C11H10O2S. The third kappa shape index (κ3) is 1.63. The molecule has 0 amide bonds. The highest BCUT2D eigenvalue weighted by Crippen LogP contribution is 2.20. The fourth-order valence-electron chi connectivity index (χ4n) is 1.30. The standard InChI is InChI=1S/C11H10O2S/c1-2-13-9-7-8-5-3-4-6-10(8)14-11(9)12/h3-7H,2H2,1H3. The zero-order valence-electron chi connectivity index (χ0n) is 7.82. The first-order chi connectivity index (χ1) is 6.81. The molecular weight excluding hydrogens is 196 g/mol. The topological polar surface area (TPSA) is 26.3 Å². The molecule has 0 aliphatic heterocycles. The van der Waals surface area contributed by atoms with Gasteiger partial charge >= 0.3 is 0 Å². The minimum absolute atomic E-state index is 0.00875. The molecule has 14 heavy (non-hydrogen) atoms. The number of rotatable bonds is 2. The Bertz CT molecular complexity index is 502. The van der Waals surface area contributed by atoms with Gasteiger partial charge in [-0.2, -0.15) is 0 Å². The Hall–Kier alpha value is -1.35. The van der Waals surface area contributed by atoms with Gasteiger partial charge in [-0.05, 0) is 24.4 Å². The minimum atomic E-state index is -0.00875. The van der Waals surface area contributed by atoms with Crippen LogP contribution in [0.2, 0.25) is 0 Å². The van der Waals surface area contributed by atoms with Crippen molar-refractivity contribution in [2.75, 3.05) is 6.61 Å². The fourth-order valence-corrected chi connectivity index (χ4v) is 2.11. The molecule has 3 heteroatoms. The second-order valence-electron chi connectivity index (χ2n) is 2.87. The van der Waals surface area contributed by atoms with Crippen LogP contribution in [0, 0.1) is 0 Å². The quantitative estimate of drug-likeness (QED) is 0.755. The molecule has 0 aliphatic rings. The summed E-state index contributed by atoms with van der Waals surface area (Å²) in [5.74, 6) is 0.455. The molecule has 0 radical (unpaired) electrons. The lowest BCUT2D eigenvalue weighted by atomic mass is 10.2. The molecule has 2 nitrogen and oxygen atoms in total. The Labute approximate surface area is 85.8 Å². The van der Waals surface area contributed by atoms with Crippen molar-refractivity contribution in [2.45, 2.75) is 6.92 Å². The van der Waals surface area contributed by atoms with Crippen LogP contribution in [0.3, 0.4) is 0 Å². The summed E-state index contributed by atoms with van der Waals surface area (Å²) in [5.41, 5.74) is 0. The maximum absolute atomic E-state index is 11.5. The Morgan fingerprint density at radius 3 is 2.93 bits per heavy atom. The van der Waals surface area contributed by atoms with E-state index in [0.29, 0.717) is 12.4 Å². The van der Waals surface area contributed by atoms with Crippen LogP contribution in [0.1, 0.15) is 6.92 Å². The highest BCUT2D eigenvalue weighted by atomic mass is 32.1. The van der Waals surface area contributed by atoms with Crippen molar-refractivity contribution < 1.29 is 4.74 Å². The third-order valence-corrected chi connectivity index (χ3v) is 2.89. The number of fused-ring (bicyclic) bond motifs is 1. The molecule has 2 aromatic rings.